The molecule has 0 saturated heterocycles. The van der Waals surface area contributed by atoms with Crippen LogP contribution in [0.3, 0.4) is 0 Å². The molecule has 0 fully saturated rings. The first-order valence-corrected chi connectivity index (χ1v) is 10.4. The molecule has 28 heavy (non-hydrogen) atoms. The number of nitrogens with one attached hydrogen (secondary N) is 1. The number of amides is 1. The number of para-hydroxylation sites is 2. The standard InChI is InChI=1S/C21H23N3O3S/c1-28-14-19-23-17-9-5-6-10-18(17)24(19)13-20(25)22-12-16(21(26)27)11-15-7-3-2-4-8-15/h2-10,16H,11-14H2,1H3,(H,22,25)(H,26,27). The fourth-order valence-corrected chi connectivity index (χ4v) is 3.60. The van der Waals surface area contributed by atoms with Gasteiger partial charge in [0.1, 0.15) is 12.4 Å². The van der Waals surface area contributed by atoms with Crippen LogP contribution in [0.1, 0.15) is 11.4 Å². The maximum atomic E-state index is 12.5. The lowest BCUT2D eigenvalue weighted by Crippen LogP contribution is -2.36. The van der Waals surface area contributed by atoms with Gasteiger partial charge in [0.05, 0.1) is 22.7 Å². The SMILES string of the molecule is CSCc1nc2ccccc2n1CC(=O)NCC(Cc1ccccc1)C(=O)O. The number of imidazole rings is 1. The molecular formula is C21H23N3O3S. The molecule has 0 bridgehead atoms. The van der Waals surface area contributed by atoms with Crippen molar-refractivity contribution in [3.05, 3.63) is 66.0 Å². The fraction of sp³-hybridized carbons (Fsp3) is 0.286. The zero-order valence-corrected chi connectivity index (χ0v) is 16.5. The van der Waals surface area contributed by atoms with E-state index in [1.165, 1.54) is 0 Å². The zero-order valence-electron chi connectivity index (χ0n) is 15.7. The van der Waals surface area contributed by atoms with Gasteiger partial charge in [-0.25, -0.2) is 4.98 Å². The number of aromatic nitrogens is 2. The Bertz CT molecular complexity index is 956. The van der Waals surface area contributed by atoms with E-state index in [1.54, 1.807) is 11.8 Å². The van der Waals surface area contributed by atoms with E-state index in [4.69, 9.17) is 0 Å². The van der Waals surface area contributed by atoms with Crippen LogP contribution in [0.15, 0.2) is 54.6 Å². The van der Waals surface area contributed by atoms with Gasteiger partial charge in [-0.15, -0.1) is 0 Å². The van der Waals surface area contributed by atoms with Crippen LogP contribution in [-0.2, 0) is 28.3 Å². The number of hydrogen-bond donors (Lipinski definition) is 2. The Morgan fingerprint density at radius 3 is 2.57 bits per heavy atom. The van der Waals surface area contributed by atoms with Gasteiger partial charge in [0, 0.05) is 6.54 Å². The number of rotatable bonds is 9. The smallest absolute Gasteiger partial charge is 0.308 e. The third kappa shape index (κ3) is 4.92. The van der Waals surface area contributed by atoms with Crippen molar-refractivity contribution in [2.75, 3.05) is 12.8 Å². The van der Waals surface area contributed by atoms with Crippen molar-refractivity contribution in [1.82, 2.24) is 14.9 Å². The molecule has 1 amide bonds. The number of aliphatic carboxylic acids is 1. The molecular weight excluding hydrogens is 374 g/mol. The average Bonchev–Trinajstić information content (AvgIpc) is 3.03. The monoisotopic (exact) mass is 397 g/mol. The molecule has 6 nitrogen and oxygen atoms in total. The van der Waals surface area contributed by atoms with Crippen molar-refractivity contribution in [3.8, 4) is 0 Å². The number of carbonyl (C=O) groups is 2. The van der Waals surface area contributed by atoms with Gasteiger partial charge in [0.25, 0.3) is 0 Å². The fourth-order valence-electron chi connectivity index (χ4n) is 3.12. The maximum absolute atomic E-state index is 12.5. The summed E-state index contributed by atoms with van der Waals surface area (Å²) in [4.78, 5) is 28.7. The van der Waals surface area contributed by atoms with Crippen LogP contribution < -0.4 is 5.32 Å². The van der Waals surface area contributed by atoms with Crippen molar-refractivity contribution < 1.29 is 14.7 Å². The lowest BCUT2D eigenvalue weighted by Gasteiger charge is -2.14. The molecule has 3 aromatic rings. The highest BCUT2D eigenvalue weighted by atomic mass is 32.2. The van der Waals surface area contributed by atoms with E-state index >= 15 is 0 Å². The minimum atomic E-state index is -0.916. The van der Waals surface area contributed by atoms with Crippen molar-refractivity contribution in [2.45, 2.75) is 18.7 Å². The van der Waals surface area contributed by atoms with E-state index in [1.807, 2.05) is 65.4 Å². The zero-order chi connectivity index (χ0) is 19.9. The second-order valence-corrected chi connectivity index (χ2v) is 7.43. The van der Waals surface area contributed by atoms with Crippen molar-refractivity contribution in [1.29, 1.82) is 0 Å². The highest BCUT2D eigenvalue weighted by molar-refractivity contribution is 7.97. The molecule has 0 aliphatic rings. The summed E-state index contributed by atoms with van der Waals surface area (Å²) in [6.07, 6.45) is 2.37. The van der Waals surface area contributed by atoms with Crippen molar-refractivity contribution >= 4 is 34.7 Å². The molecule has 0 aliphatic carbocycles. The highest BCUT2D eigenvalue weighted by Crippen LogP contribution is 2.19. The number of hydrogen-bond acceptors (Lipinski definition) is 4. The molecule has 1 heterocycles. The first kappa shape index (κ1) is 19.9. The summed E-state index contributed by atoms with van der Waals surface area (Å²) in [5.41, 5.74) is 2.69. The lowest BCUT2D eigenvalue weighted by atomic mass is 9.99. The van der Waals surface area contributed by atoms with Gasteiger partial charge >= 0.3 is 5.97 Å². The summed E-state index contributed by atoms with van der Waals surface area (Å²) in [5, 5.41) is 12.3. The third-order valence-electron chi connectivity index (χ3n) is 4.53. The molecule has 3 rings (SSSR count). The summed E-state index contributed by atoms with van der Waals surface area (Å²) >= 11 is 1.64. The summed E-state index contributed by atoms with van der Waals surface area (Å²) < 4.78 is 1.90. The second-order valence-electron chi connectivity index (χ2n) is 6.56. The van der Waals surface area contributed by atoms with Gasteiger partial charge < -0.3 is 15.0 Å². The van der Waals surface area contributed by atoms with Crippen LogP contribution in [0.5, 0.6) is 0 Å². The molecule has 0 radical (unpaired) electrons. The summed E-state index contributed by atoms with van der Waals surface area (Å²) in [6, 6.07) is 17.1. The predicted molar refractivity (Wildman–Crippen MR) is 111 cm³/mol. The van der Waals surface area contributed by atoms with E-state index in [0.717, 1.165) is 22.4 Å². The maximum Gasteiger partial charge on any atom is 0.308 e. The molecule has 2 aromatic carbocycles. The van der Waals surface area contributed by atoms with Gasteiger partial charge in [-0.05, 0) is 30.4 Å². The number of nitrogens with zero attached hydrogens (tertiary/aromatic N) is 2. The Balaban J connectivity index is 1.67. The Kier molecular flexibility index (Phi) is 6.71. The van der Waals surface area contributed by atoms with Gasteiger partial charge in [0.15, 0.2) is 0 Å². The molecule has 1 atom stereocenters. The van der Waals surface area contributed by atoms with Crippen molar-refractivity contribution in [3.63, 3.8) is 0 Å². The molecule has 1 aromatic heterocycles. The number of fused-ring (bicyclic) bond motifs is 1. The lowest BCUT2D eigenvalue weighted by molar-refractivity contribution is -0.141. The van der Waals surface area contributed by atoms with E-state index in [2.05, 4.69) is 10.3 Å². The minimum absolute atomic E-state index is 0.0908. The molecule has 0 spiro atoms. The molecule has 146 valence electrons. The Morgan fingerprint density at radius 1 is 1.14 bits per heavy atom. The topological polar surface area (TPSA) is 84.2 Å². The first-order valence-electron chi connectivity index (χ1n) is 9.05. The first-order chi connectivity index (χ1) is 13.6. The molecule has 0 saturated carbocycles. The molecule has 1 unspecified atom stereocenters. The number of carbonyl (C=O) groups excluding carboxylic acids is 1. The summed E-state index contributed by atoms with van der Waals surface area (Å²) in [5.74, 6) is -0.266. The highest BCUT2D eigenvalue weighted by Gasteiger charge is 2.20. The van der Waals surface area contributed by atoms with Crippen LogP contribution in [0.2, 0.25) is 0 Å². The number of carboxylic acid groups (broad SMARTS) is 1. The number of thioether (sulfide) groups is 1. The normalized spacial score (nSPS) is 12.0. The largest absolute Gasteiger partial charge is 0.481 e. The predicted octanol–water partition coefficient (Wildman–Crippen LogP) is 2.96. The van der Waals surface area contributed by atoms with Crippen LogP contribution in [-0.4, -0.2) is 39.3 Å². The van der Waals surface area contributed by atoms with Gasteiger partial charge in [0.2, 0.25) is 5.91 Å². The summed E-state index contributed by atoms with van der Waals surface area (Å²) in [6.45, 7) is 0.210. The van der Waals surface area contributed by atoms with E-state index in [-0.39, 0.29) is 19.0 Å². The van der Waals surface area contributed by atoms with E-state index in [0.29, 0.717) is 12.2 Å². The average molecular weight is 398 g/mol. The van der Waals surface area contributed by atoms with Crippen molar-refractivity contribution in [2.24, 2.45) is 5.92 Å². The van der Waals surface area contributed by atoms with Crippen LogP contribution >= 0.6 is 11.8 Å². The van der Waals surface area contributed by atoms with E-state index in [9.17, 15) is 14.7 Å². The Morgan fingerprint density at radius 2 is 1.86 bits per heavy atom. The quantitative estimate of drug-likeness (QED) is 0.580. The second kappa shape index (κ2) is 9.41. The Labute approximate surface area is 168 Å². The third-order valence-corrected chi connectivity index (χ3v) is 5.08. The molecule has 0 aliphatic heterocycles. The van der Waals surface area contributed by atoms with Gasteiger partial charge in [-0.2, -0.15) is 11.8 Å². The minimum Gasteiger partial charge on any atom is -0.481 e. The van der Waals surface area contributed by atoms with Crippen LogP contribution in [0.25, 0.3) is 11.0 Å². The molecule has 2 N–H and O–H groups in total. The van der Waals surface area contributed by atoms with Crippen LogP contribution in [0, 0.1) is 5.92 Å². The van der Waals surface area contributed by atoms with Crippen LogP contribution in [0.4, 0.5) is 0 Å². The van der Waals surface area contributed by atoms with Gasteiger partial charge in [-0.1, -0.05) is 42.5 Å². The molecule has 7 heteroatoms. The Hall–Kier alpha value is -2.80. The number of benzene rings is 2. The number of carboxylic acids is 1. The van der Waals surface area contributed by atoms with Gasteiger partial charge in [-0.3, -0.25) is 9.59 Å². The van der Waals surface area contributed by atoms with E-state index < -0.39 is 11.9 Å². The summed E-state index contributed by atoms with van der Waals surface area (Å²) in [7, 11) is 0.